The number of aliphatic imine (C=N–C) groups is 1. The van der Waals surface area contributed by atoms with Crippen molar-refractivity contribution < 1.29 is 10.0 Å². The van der Waals surface area contributed by atoms with Crippen LogP contribution in [0, 0.1) is 67.6 Å². The van der Waals surface area contributed by atoms with E-state index in [1.165, 1.54) is 5.56 Å². The monoisotopic (exact) mass is 1290 g/mol. The molecule has 1 aliphatic heterocycles. The molecule has 0 atom stereocenters. The van der Waals surface area contributed by atoms with Gasteiger partial charge in [0.2, 0.25) is 5.91 Å². The number of hydrogen-bond acceptors (Lipinski definition) is 14. The molecular weight excluding hydrogens is 1230 g/mol. The van der Waals surface area contributed by atoms with Crippen LogP contribution in [-0.2, 0) is 0 Å². The zero-order valence-corrected chi connectivity index (χ0v) is 55.0. The van der Waals surface area contributed by atoms with Gasteiger partial charge in [-0.25, -0.2) is 19.9 Å². The number of benzene rings is 9. The second-order valence-electron chi connectivity index (χ2n) is 24.2. The molecule has 0 radical (unpaired) electrons. The van der Waals surface area contributed by atoms with E-state index >= 15 is 0 Å². The predicted molar refractivity (Wildman–Crippen MR) is 401 cm³/mol. The number of nitrogens with one attached hydrogen (secondary N) is 1. The molecule has 0 unspecified atom stereocenters. The van der Waals surface area contributed by atoms with Crippen molar-refractivity contribution >= 4 is 84.1 Å². The summed E-state index contributed by atoms with van der Waals surface area (Å²) in [5.74, 6) is 21.1. The molecule has 16 nitrogen and oxygen atoms in total. The molecule has 5 heterocycles. The summed E-state index contributed by atoms with van der Waals surface area (Å²) in [5.41, 5.74) is 51.1. The summed E-state index contributed by atoms with van der Waals surface area (Å²) >= 11 is 0. The number of primary amides is 1. The van der Waals surface area contributed by atoms with Crippen molar-refractivity contribution in [2.75, 3.05) is 29.5 Å². The summed E-state index contributed by atoms with van der Waals surface area (Å²) in [6.07, 6.45) is 5.31. The minimum Gasteiger partial charge on any atom is -0.409 e. The summed E-state index contributed by atoms with van der Waals surface area (Å²) < 4.78 is 0. The van der Waals surface area contributed by atoms with Gasteiger partial charge in [0.25, 0.3) is 0 Å². The van der Waals surface area contributed by atoms with Crippen molar-refractivity contribution in [2.45, 2.75) is 40.2 Å². The Hall–Kier alpha value is -13.8. The molecule has 0 bridgehead atoms. The minimum absolute atomic E-state index is 0.0240. The molecule has 0 saturated heterocycles. The van der Waals surface area contributed by atoms with Gasteiger partial charge in [0, 0.05) is 95.4 Å². The number of para-hydroxylation sites is 1. The highest BCUT2D eigenvalue weighted by Gasteiger charge is 2.25. The lowest BCUT2D eigenvalue weighted by atomic mass is 9.96. The predicted octanol–water partition coefficient (Wildman–Crippen LogP) is 13.9. The number of pyridine rings is 4. The lowest BCUT2D eigenvalue weighted by molar-refractivity contribution is 0.1000. The Bertz CT molecular complexity index is 5550. The molecule has 1 amide bonds. The molecule has 13 aromatic rings. The highest BCUT2D eigenvalue weighted by atomic mass is 16.4. The van der Waals surface area contributed by atoms with E-state index in [0.717, 1.165) is 117 Å². The number of nitrogens with zero attached hydrogens (tertiary/aromatic N) is 7. The molecule has 99 heavy (non-hydrogen) atoms. The second kappa shape index (κ2) is 29.7. The Labute approximate surface area is 573 Å². The van der Waals surface area contributed by atoms with Crippen molar-refractivity contribution in [2.24, 2.45) is 21.6 Å². The van der Waals surface area contributed by atoms with E-state index in [4.69, 9.17) is 44.9 Å². The zero-order chi connectivity index (χ0) is 69.7. The Morgan fingerprint density at radius 3 is 1.55 bits per heavy atom. The number of nitrogens with two attached hydrogens (primary N) is 6. The smallest absolute Gasteiger partial charge is 0.248 e. The van der Waals surface area contributed by atoms with Crippen LogP contribution in [0.15, 0.2) is 235 Å². The third kappa shape index (κ3) is 16.2. The average Bonchev–Trinajstić information content (AvgIpc) is 1.43. The van der Waals surface area contributed by atoms with Gasteiger partial charge in [0.05, 0.1) is 40.4 Å². The van der Waals surface area contributed by atoms with Gasteiger partial charge in [-0.2, -0.15) is 5.26 Å². The fourth-order valence-corrected chi connectivity index (χ4v) is 10.9. The summed E-state index contributed by atoms with van der Waals surface area (Å²) in [4.78, 5) is 32.8. The second-order valence-corrected chi connectivity index (χ2v) is 24.2. The van der Waals surface area contributed by atoms with Crippen molar-refractivity contribution in [1.82, 2.24) is 25.3 Å². The lowest BCUT2D eigenvalue weighted by Gasteiger charge is -2.18. The number of nitrogen functional groups attached to an aromatic ring is 4. The van der Waals surface area contributed by atoms with E-state index in [9.17, 15) is 4.79 Å². The minimum atomic E-state index is -0.456. The zero-order valence-electron chi connectivity index (χ0n) is 55.0. The van der Waals surface area contributed by atoms with Gasteiger partial charge in [-0.05, 0) is 142 Å². The van der Waals surface area contributed by atoms with E-state index in [-0.39, 0.29) is 11.4 Å². The van der Waals surface area contributed by atoms with Gasteiger partial charge < -0.3 is 44.9 Å². The highest BCUT2D eigenvalue weighted by Crippen LogP contribution is 2.35. The molecule has 16 heteroatoms. The molecule has 9 aromatic carbocycles. The van der Waals surface area contributed by atoms with Crippen LogP contribution in [0.5, 0.6) is 0 Å². The third-order valence-electron chi connectivity index (χ3n) is 16.2. The topological polar surface area (TPSA) is 306 Å². The van der Waals surface area contributed by atoms with E-state index in [0.29, 0.717) is 51.1 Å². The van der Waals surface area contributed by atoms with Gasteiger partial charge in [-0.15, -0.1) is 0 Å². The number of anilines is 4. The molecule has 0 aliphatic carbocycles. The number of nitriles is 1. The van der Waals surface area contributed by atoms with E-state index in [1.54, 1.807) is 54.9 Å². The molecule has 1 aliphatic rings. The quantitative estimate of drug-likeness (QED) is 0.0262. The van der Waals surface area contributed by atoms with Crippen LogP contribution in [0.4, 0.5) is 23.3 Å². The normalized spacial score (nSPS) is 11.8. The summed E-state index contributed by atoms with van der Waals surface area (Å²) in [7, 11) is 0. The van der Waals surface area contributed by atoms with Crippen LogP contribution in [0.25, 0.3) is 65.5 Å². The van der Waals surface area contributed by atoms with Gasteiger partial charge >= 0.3 is 0 Å². The maximum atomic E-state index is 11.1. The van der Waals surface area contributed by atoms with Crippen LogP contribution in [0.1, 0.15) is 91.0 Å². The number of amides is 1. The standard InChI is InChI=1S/C23H17N3.C22H20N4.C19H16N4O.C19H15N3O/c1-15-2-5-20-14-26-23(25)22(21(20)12-15)19-10-8-18(9-11-19)17-6-3-16(13-24)4-7-17;1-22(2)14-24-21(26-22)16-10-7-15(8-11-16)9-12-17-13-20(23)25-19-6-4-3-5-18(17)19;1-12-5-7-15-11-22-19(21)16(17(15)9-12)8-6-13-3-2-4-14(10-13)18(20)23-24;1-12-2-6-15-11-22-18(20)16(17(15)10-12)9-5-13-3-7-14(8-4-13)19(21)23/h2-12,14H,1H3,(H2,25,26);3-8,10-11,13H,14H2,1-2H3,(H2,23,25)(H,24,26);2-5,7,9-11,24H,1H3,(H2,20,23)(H2,21,22);2-4,6-8,10-11H,1H3,(H2,20,22)(H2,21,23). The van der Waals surface area contributed by atoms with Crippen LogP contribution >= 0.6 is 0 Å². The number of amidine groups is 2. The highest BCUT2D eigenvalue weighted by molar-refractivity contribution is 6.02. The molecule has 0 saturated carbocycles. The lowest BCUT2D eigenvalue weighted by Crippen LogP contribution is -2.39. The molecule has 14 N–H and O–H groups in total. The SMILES string of the molecule is CC1(C)CN=C(c2ccc(C#Cc3cc(N)nc4ccccc34)cc2)N1.Cc1ccc2cnc(N)c(-c3ccc(-c4ccc(C#N)cc4)cc3)c2c1.Cc1ccc2cnc(N)c(C#Cc3ccc(C(N)=O)cc3)c2c1.Cc1ccc2cnc(N)c(C#Cc3cccc(C(N)=NO)c3)c2c1. The van der Waals surface area contributed by atoms with Gasteiger partial charge in [0.1, 0.15) is 29.1 Å². The fourth-order valence-electron chi connectivity index (χ4n) is 10.9. The van der Waals surface area contributed by atoms with Crippen LogP contribution in [-0.4, -0.2) is 54.8 Å². The molecule has 0 fully saturated rings. The number of hydrogen-bond donors (Lipinski definition) is 8. The number of rotatable bonds is 5. The average molecular weight is 1290 g/mol. The van der Waals surface area contributed by atoms with E-state index in [2.05, 4.69) is 152 Å². The van der Waals surface area contributed by atoms with Gasteiger partial charge in [0.15, 0.2) is 5.84 Å². The molecule has 4 aromatic heterocycles. The Balaban J connectivity index is 0.000000134. The number of carbonyl (C=O) groups is 1. The Morgan fingerprint density at radius 2 is 0.990 bits per heavy atom. The Morgan fingerprint density at radius 1 is 0.495 bits per heavy atom. The molecule has 482 valence electrons. The van der Waals surface area contributed by atoms with Crippen LogP contribution < -0.4 is 39.7 Å². The Kier molecular flexibility index (Phi) is 20.0. The van der Waals surface area contributed by atoms with Crippen molar-refractivity contribution in [1.29, 1.82) is 5.26 Å². The van der Waals surface area contributed by atoms with Gasteiger partial charge in [-0.3, -0.25) is 9.79 Å². The fraction of sp³-hybridized carbons (Fsp3) is 0.0843. The first-order valence-electron chi connectivity index (χ1n) is 31.5. The van der Waals surface area contributed by atoms with Crippen LogP contribution in [0.3, 0.4) is 0 Å². The first kappa shape index (κ1) is 66.6. The largest absolute Gasteiger partial charge is 0.409 e. The molecule has 0 spiro atoms. The summed E-state index contributed by atoms with van der Waals surface area (Å²) in [6.45, 7) is 11.2. The summed E-state index contributed by atoms with van der Waals surface area (Å²) in [6, 6.07) is 68.3. The first-order valence-corrected chi connectivity index (χ1v) is 31.5. The number of oxime groups is 1. The van der Waals surface area contributed by atoms with Gasteiger partial charge in [-0.1, -0.05) is 179 Å². The number of aromatic nitrogens is 4. The first-order chi connectivity index (χ1) is 47.8. The number of fused-ring (bicyclic) bond motifs is 4. The van der Waals surface area contributed by atoms with Crippen molar-refractivity contribution in [3.05, 3.63) is 297 Å². The van der Waals surface area contributed by atoms with E-state index < -0.39 is 5.91 Å². The maximum absolute atomic E-state index is 11.1. The molecular formula is C83H68N14O2. The van der Waals surface area contributed by atoms with E-state index in [1.807, 2.05) is 129 Å². The maximum Gasteiger partial charge on any atom is 0.248 e. The van der Waals surface area contributed by atoms with Crippen molar-refractivity contribution in [3.63, 3.8) is 0 Å². The summed E-state index contributed by atoms with van der Waals surface area (Å²) in [5, 5.41) is 31.3. The van der Waals surface area contributed by atoms with Crippen LogP contribution in [0.2, 0.25) is 0 Å². The number of aryl methyl sites for hydroxylation is 3. The molecule has 14 rings (SSSR count). The number of carbonyl (C=O) groups excluding carboxylic acids is 1. The third-order valence-corrected chi connectivity index (χ3v) is 16.2. The van der Waals surface area contributed by atoms with Crippen molar-refractivity contribution in [3.8, 4) is 63.8 Å².